The summed E-state index contributed by atoms with van der Waals surface area (Å²) < 4.78 is 44.1. The Labute approximate surface area is 177 Å². The van der Waals surface area contributed by atoms with Crippen molar-refractivity contribution >= 4 is 17.3 Å². The van der Waals surface area contributed by atoms with Gasteiger partial charge in [-0.25, -0.2) is 4.98 Å². The lowest BCUT2D eigenvalue weighted by atomic mass is 10.0. The number of aryl methyl sites for hydroxylation is 1. The molecule has 0 amide bonds. The van der Waals surface area contributed by atoms with Crippen LogP contribution in [0.15, 0.2) is 54.6 Å². The Morgan fingerprint density at radius 3 is 2.30 bits per heavy atom. The summed E-state index contributed by atoms with van der Waals surface area (Å²) >= 11 is 1.34. The number of alkyl halides is 3. The highest BCUT2D eigenvalue weighted by Gasteiger charge is 2.30. The van der Waals surface area contributed by atoms with Gasteiger partial charge in [0.25, 0.3) is 0 Å². The van der Waals surface area contributed by atoms with Gasteiger partial charge in [0.15, 0.2) is 0 Å². The lowest BCUT2D eigenvalue weighted by Crippen LogP contribution is -2.16. The van der Waals surface area contributed by atoms with Crippen LogP contribution in [0.3, 0.4) is 0 Å². The predicted molar refractivity (Wildman–Crippen MR) is 111 cm³/mol. The Balaban J connectivity index is 1.79. The minimum atomic E-state index is -4.38. The van der Waals surface area contributed by atoms with Crippen LogP contribution in [0.4, 0.5) is 13.2 Å². The van der Waals surface area contributed by atoms with Crippen molar-refractivity contribution in [3.05, 3.63) is 76.3 Å². The molecule has 2 aromatic carbocycles. The molecule has 0 saturated carbocycles. The van der Waals surface area contributed by atoms with E-state index in [0.717, 1.165) is 22.6 Å². The summed E-state index contributed by atoms with van der Waals surface area (Å²) in [4.78, 5) is 18.0. The quantitative estimate of drug-likeness (QED) is 0.396. The third kappa shape index (κ3) is 4.90. The summed E-state index contributed by atoms with van der Waals surface area (Å²) in [6, 6.07) is 14.3. The van der Waals surface area contributed by atoms with Gasteiger partial charge in [0.2, 0.25) is 0 Å². The van der Waals surface area contributed by atoms with Crippen LogP contribution in [0, 0.1) is 6.92 Å². The first-order valence-corrected chi connectivity index (χ1v) is 10.4. The smallest absolute Gasteiger partial charge is 0.416 e. The third-order valence-electron chi connectivity index (χ3n) is 4.87. The fraction of sp³-hybridized carbons (Fsp3) is 0.304. The van der Waals surface area contributed by atoms with Crippen molar-refractivity contribution in [3.8, 4) is 10.6 Å². The first kappa shape index (κ1) is 22.0. The molecular weight excluding hydrogens is 411 g/mol. The Morgan fingerprint density at radius 1 is 1.10 bits per heavy atom. The third-order valence-corrected chi connectivity index (χ3v) is 6.16. The standard InChI is InChI=1S/C23H22F3NO2S/c1-4-19(29-22(28)14(2)16-8-6-5-7-9-16)20-15(3)27-21(30-20)17-10-12-18(13-11-17)23(24,25)26/h5-14,19H,4H2,1-3H3/t14-,19-/m1/s1. The van der Waals surface area contributed by atoms with Crippen LogP contribution < -0.4 is 0 Å². The minimum Gasteiger partial charge on any atom is -0.456 e. The first-order valence-electron chi connectivity index (χ1n) is 9.61. The van der Waals surface area contributed by atoms with E-state index in [9.17, 15) is 18.0 Å². The van der Waals surface area contributed by atoms with Crippen molar-refractivity contribution in [2.45, 2.75) is 45.4 Å². The molecule has 0 unspecified atom stereocenters. The minimum absolute atomic E-state index is 0.322. The van der Waals surface area contributed by atoms with Crippen LogP contribution in [0.25, 0.3) is 10.6 Å². The molecule has 0 fully saturated rings. The lowest BCUT2D eigenvalue weighted by Gasteiger charge is -2.18. The van der Waals surface area contributed by atoms with Crippen molar-refractivity contribution in [3.63, 3.8) is 0 Å². The number of nitrogens with zero attached hydrogens (tertiary/aromatic N) is 1. The van der Waals surface area contributed by atoms with Crippen molar-refractivity contribution in [1.29, 1.82) is 0 Å². The van der Waals surface area contributed by atoms with Crippen LogP contribution >= 0.6 is 11.3 Å². The number of aromatic nitrogens is 1. The molecule has 0 spiro atoms. The maximum Gasteiger partial charge on any atom is 0.416 e. The zero-order valence-electron chi connectivity index (χ0n) is 16.9. The Hall–Kier alpha value is -2.67. The summed E-state index contributed by atoms with van der Waals surface area (Å²) in [7, 11) is 0. The fourth-order valence-corrected chi connectivity index (χ4v) is 4.26. The van der Waals surface area contributed by atoms with Crippen molar-refractivity contribution in [1.82, 2.24) is 4.98 Å². The number of esters is 1. The van der Waals surface area contributed by atoms with Gasteiger partial charge in [-0.05, 0) is 38.0 Å². The zero-order valence-corrected chi connectivity index (χ0v) is 17.7. The number of halogens is 3. The number of ether oxygens (including phenoxy) is 1. The topological polar surface area (TPSA) is 39.2 Å². The molecule has 158 valence electrons. The van der Waals surface area contributed by atoms with E-state index in [2.05, 4.69) is 4.98 Å². The van der Waals surface area contributed by atoms with E-state index in [4.69, 9.17) is 4.74 Å². The Morgan fingerprint density at radius 2 is 1.73 bits per heavy atom. The number of rotatable bonds is 6. The summed E-state index contributed by atoms with van der Waals surface area (Å²) in [5.41, 5.74) is 1.49. The largest absolute Gasteiger partial charge is 0.456 e. The predicted octanol–water partition coefficient (Wildman–Crippen LogP) is 6.94. The molecule has 3 nitrogen and oxygen atoms in total. The average molecular weight is 433 g/mol. The molecule has 0 aliphatic rings. The van der Waals surface area contributed by atoms with Crippen molar-refractivity contribution in [2.24, 2.45) is 0 Å². The second-order valence-corrected chi connectivity index (χ2v) is 8.04. The maximum absolute atomic E-state index is 12.8. The molecule has 0 aliphatic heterocycles. The van der Waals surface area contributed by atoms with Crippen LogP contribution in [-0.4, -0.2) is 11.0 Å². The van der Waals surface area contributed by atoms with Gasteiger partial charge in [0.05, 0.1) is 22.1 Å². The molecule has 7 heteroatoms. The second-order valence-electron chi connectivity index (χ2n) is 7.01. The zero-order chi connectivity index (χ0) is 21.9. The molecule has 1 aromatic heterocycles. The highest BCUT2D eigenvalue weighted by atomic mass is 32.1. The number of benzene rings is 2. The number of thiazole rings is 1. The van der Waals surface area contributed by atoms with Gasteiger partial charge in [0, 0.05) is 5.56 Å². The monoisotopic (exact) mass is 433 g/mol. The van der Waals surface area contributed by atoms with E-state index in [0.29, 0.717) is 22.7 Å². The van der Waals surface area contributed by atoms with E-state index >= 15 is 0 Å². The van der Waals surface area contributed by atoms with E-state index < -0.39 is 23.8 Å². The van der Waals surface area contributed by atoms with E-state index in [-0.39, 0.29) is 5.97 Å². The molecular formula is C23H22F3NO2S. The molecule has 3 aromatic rings. The van der Waals surface area contributed by atoms with E-state index in [1.807, 2.05) is 44.2 Å². The van der Waals surface area contributed by atoms with Crippen LogP contribution in [0.1, 0.15) is 54.0 Å². The van der Waals surface area contributed by atoms with E-state index in [1.54, 1.807) is 6.92 Å². The van der Waals surface area contributed by atoms with Gasteiger partial charge in [-0.15, -0.1) is 11.3 Å². The fourth-order valence-electron chi connectivity index (χ4n) is 3.07. The molecule has 0 saturated heterocycles. The second kappa shape index (κ2) is 9.00. The summed E-state index contributed by atoms with van der Waals surface area (Å²) in [5.74, 6) is -0.722. The van der Waals surface area contributed by atoms with Crippen LogP contribution in [0.5, 0.6) is 0 Å². The van der Waals surface area contributed by atoms with Crippen LogP contribution in [-0.2, 0) is 15.7 Å². The van der Waals surface area contributed by atoms with Gasteiger partial charge in [-0.2, -0.15) is 13.2 Å². The molecule has 0 bridgehead atoms. The Bertz CT molecular complexity index is 998. The van der Waals surface area contributed by atoms with Gasteiger partial charge in [0.1, 0.15) is 11.1 Å². The summed E-state index contributed by atoms with van der Waals surface area (Å²) in [6.45, 7) is 5.54. The average Bonchev–Trinajstić information content (AvgIpc) is 3.12. The number of hydrogen-bond acceptors (Lipinski definition) is 4. The lowest BCUT2D eigenvalue weighted by molar-refractivity contribution is -0.151. The highest BCUT2D eigenvalue weighted by molar-refractivity contribution is 7.15. The molecule has 2 atom stereocenters. The summed E-state index contributed by atoms with van der Waals surface area (Å²) in [6.07, 6.45) is -4.26. The molecule has 3 rings (SSSR count). The molecule has 30 heavy (non-hydrogen) atoms. The SMILES string of the molecule is CC[C@@H](OC(=O)[C@H](C)c1ccccc1)c1sc(-c2ccc(C(F)(F)F)cc2)nc1C. The number of hydrogen-bond donors (Lipinski definition) is 0. The van der Waals surface area contributed by atoms with Crippen LogP contribution in [0.2, 0.25) is 0 Å². The molecule has 0 N–H and O–H groups in total. The summed E-state index contributed by atoms with van der Waals surface area (Å²) in [5, 5.41) is 0.599. The molecule has 1 heterocycles. The molecule has 0 aliphatic carbocycles. The van der Waals surface area contributed by atoms with Gasteiger partial charge in [-0.1, -0.05) is 49.4 Å². The number of carbonyl (C=O) groups is 1. The van der Waals surface area contributed by atoms with E-state index in [1.165, 1.54) is 23.5 Å². The maximum atomic E-state index is 12.8. The van der Waals surface area contributed by atoms with Gasteiger partial charge >= 0.3 is 12.1 Å². The van der Waals surface area contributed by atoms with Gasteiger partial charge in [-0.3, -0.25) is 4.79 Å². The first-order chi connectivity index (χ1) is 14.2. The normalized spacial score (nSPS) is 13.7. The highest BCUT2D eigenvalue weighted by Crippen LogP contribution is 2.37. The Kier molecular flexibility index (Phi) is 6.61. The number of carbonyl (C=O) groups excluding carboxylic acids is 1. The van der Waals surface area contributed by atoms with Crippen molar-refractivity contribution < 1.29 is 22.7 Å². The van der Waals surface area contributed by atoms with Gasteiger partial charge < -0.3 is 4.74 Å². The van der Waals surface area contributed by atoms with Crippen molar-refractivity contribution in [2.75, 3.05) is 0 Å². The molecule has 0 radical (unpaired) electrons.